The molecule has 0 aliphatic carbocycles. The quantitative estimate of drug-likeness (QED) is 0.621. The predicted octanol–water partition coefficient (Wildman–Crippen LogP) is 3.52. The Hall–Kier alpha value is 0.230. The molecule has 1 rings (SSSR count). The standard InChI is InChI=1S/C10H13Cl2NOS2/c1-3-13-9(15-2)6-7(14)10(12)5-4-8(11)16-10/h4,6,13H,3,5H2,1-2H3/b9-6+. The fourth-order valence-electron chi connectivity index (χ4n) is 1.18. The van der Waals surface area contributed by atoms with Gasteiger partial charge in [0.05, 0.1) is 9.39 Å². The van der Waals surface area contributed by atoms with Gasteiger partial charge >= 0.3 is 0 Å². The highest BCUT2D eigenvalue weighted by molar-refractivity contribution is 8.08. The number of ketones is 1. The van der Waals surface area contributed by atoms with Gasteiger partial charge in [-0.2, -0.15) is 0 Å². The number of hydrogen-bond acceptors (Lipinski definition) is 4. The summed E-state index contributed by atoms with van der Waals surface area (Å²) in [5.74, 6) is -0.114. The Balaban J connectivity index is 2.71. The Morgan fingerprint density at radius 1 is 1.81 bits per heavy atom. The molecule has 1 aliphatic rings. The van der Waals surface area contributed by atoms with E-state index in [1.807, 2.05) is 13.2 Å². The van der Waals surface area contributed by atoms with Gasteiger partial charge in [-0.25, -0.2) is 0 Å². The fraction of sp³-hybridized carbons (Fsp3) is 0.500. The Labute approximate surface area is 114 Å². The zero-order valence-corrected chi connectivity index (χ0v) is 12.2. The number of thioether (sulfide) groups is 2. The van der Waals surface area contributed by atoms with E-state index in [0.717, 1.165) is 11.6 Å². The minimum Gasteiger partial charge on any atom is -0.380 e. The van der Waals surface area contributed by atoms with Gasteiger partial charge in [-0.15, -0.1) is 11.8 Å². The first kappa shape index (κ1) is 14.3. The molecule has 0 aromatic rings. The molecule has 1 heterocycles. The van der Waals surface area contributed by atoms with Crippen LogP contribution in [0.4, 0.5) is 0 Å². The Bertz CT molecular complexity index is 344. The number of hydrogen-bond donors (Lipinski definition) is 1. The van der Waals surface area contributed by atoms with Gasteiger partial charge in [-0.05, 0) is 13.2 Å². The van der Waals surface area contributed by atoms with Crippen LogP contribution in [0.5, 0.6) is 0 Å². The molecule has 1 N–H and O–H groups in total. The molecule has 1 aliphatic heterocycles. The van der Waals surface area contributed by atoms with Crippen LogP contribution < -0.4 is 5.32 Å². The summed E-state index contributed by atoms with van der Waals surface area (Å²) in [7, 11) is 0. The first-order chi connectivity index (χ1) is 7.51. The third kappa shape index (κ3) is 3.62. The van der Waals surface area contributed by atoms with Crippen LogP contribution in [-0.4, -0.2) is 22.8 Å². The van der Waals surface area contributed by atoms with Crippen LogP contribution in [0.25, 0.3) is 0 Å². The van der Waals surface area contributed by atoms with E-state index in [4.69, 9.17) is 23.2 Å². The van der Waals surface area contributed by atoms with Crippen LogP contribution in [0.3, 0.4) is 0 Å². The van der Waals surface area contributed by atoms with Crippen molar-refractivity contribution in [2.75, 3.05) is 12.8 Å². The third-order valence-electron chi connectivity index (χ3n) is 1.99. The fourth-order valence-corrected chi connectivity index (χ4v) is 3.47. The third-order valence-corrected chi connectivity index (χ3v) is 4.70. The topological polar surface area (TPSA) is 29.1 Å². The summed E-state index contributed by atoms with van der Waals surface area (Å²) >= 11 is 14.7. The van der Waals surface area contributed by atoms with Crippen molar-refractivity contribution in [3.8, 4) is 0 Å². The molecule has 0 saturated carbocycles. The lowest BCUT2D eigenvalue weighted by Gasteiger charge is -2.17. The van der Waals surface area contributed by atoms with Crippen molar-refractivity contribution in [3.05, 3.63) is 21.5 Å². The molecule has 0 saturated heterocycles. The van der Waals surface area contributed by atoms with E-state index >= 15 is 0 Å². The van der Waals surface area contributed by atoms with Crippen molar-refractivity contribution >= 4 is 52.5 Å². The number of nitrogens with one attached hydrogen (secondary N) is 1. The number of carbonyl (C=O) groups excluding carboxylic acids is 1. The summed E-state index contributed by atoms with van der Waals surface area (Å²) in [6, 6.07) is 0. The number of halogens is 2. The smallest absolute Gasteiger partial charge is 0.189 e. The molecule has 0 fully saturated rings. The Morgan fingerprint density at radius 2 is 2.50 bits per heavy atom. The molecule has 1 atom stereocenters. The molecule has 0 spiro atoms. The molecule has 6 heteroatoms. The minimum absolute atomic E-state index is 0.114. The second kappa shape index (κ2) is 6.24. The molecule has 0 radical (unpaired) electrons. The van der Waals surface area contributed by atoms with Gasteiger partial charge in [0.25, 0.3) is 0 Å². The van der Waals surface area contributed by atoms with E-state index in [1.54, 1.807) is 12.2 Å². The summed E-state index contributed by atoms with van der Waals surface area (Å²) < 4.78 is -0.362. The van der Waals surface area contributed by atoms with Crippen LogP contribution in [-0.2, 0) is 4.79 Å². The summed E-state index contributed by atoms with van der Waals surface area (Å²) in [6.07, 6.45) is 5.71. The maximum absolute atomic E-state index is 12.0. The summed E-state index contributed by atoms with van der Waals surface area (Å²) in [5, 5.41) is 3.93. The average Bonchev–Trinajstić information content (AvgIpc) is 2.59. The van der Waals surface area contributed by atoms with Crippen molar-refractivity contribution in [1.82, 2.24) is 5.32 Å². The van der Waals surface area contributed by atoms with Gasteiger partial charge < -0.3 is 5.32 Å². The Morgan fingerprint density at radius 3 is 2.94 bits per heavy atom. The van der Waals surface area contributed by atoms with E-state index in [2.05, 4.69) is 5.32 Å². The summed E-state index contributed by atoms with van der Waals surface area (Å²) in [6.45, 7) is 2.76. The molecule has 0 amide bonds. The average molecular weight is 298 g/mol. The summed E-state index contributed by atoms with van der Waals surface area (Å²) in [5.41, 5.74) is 0. The van der Waals surface area contributed by atoms with Crippen LogP contribution in [0.15, 0.2) is 21.5 Å². The molecule has 1 unspecified atom stereocenters. The molecule has 0 aromatic carbocycles. The molecule has 90 valence electrons. The highest BCUT2D eigenvalue weighted by Crippen LogP contribution is 2.47. The second-order valence-electron chi connectivity index (χ2n) is 3.15. The van der Waals surface area contributed by atoms with Crippen LogP contribution in [0.2, 0.25) is 0 Å². The normalized spacial score (nSPS) is 25.5. The van der Waals surface area contributed by atoms with E-state index in [0.29, 0.717) is 10.8 Å². The van der Waals surface area contributed by atoms with Gasteiger partial charge in [0.1, 0.15) is 0 Å². The molecular formula is C10H13Cl2NOS2. The maximum Gasteiger partial charge on any atom is 0.189 e. The molecule has 0 aromatic heterocycles. The highest BCUT2D eigenvalue weighted by Gasteiger charge is 2.39. The van der Waals surface area contributed by atoms with Gasteiger partial charge in [0.15, 0.2) is 9.99 Å². The first-order valence-corrected chi connectivity index (χ1v) is 7.59. The van der Waals surface area contributed by atoms with Crippen LogP contribution in [0, 0.1) is 0 Å². The van der Waals surface area contributed by atoms with Crippen LogP contribution >= 0.6 is 46.7 Å². The lowest BCUT2D eigenvalue weighted by atomic mass is 10.2. The SMILES string of the molecule is CCN/C(=C\C(=O)C1(Cl)CC=C(Cl)S1)SC. The largest absolute Gasteiger partial charge is 0.380 e. The number of rotatable bonds is 5. The van der Waals surface area contributed by atoms with Crippen molar-refractivity contribution in [1.29, 1.82) is 0 Å². The second-order valence-corrected chi connectivity index (χ2v) is 6.84. The highest BCUT2D eigenvalue weighted by atomic mass is 35.5. The predicted molar refractivity (Wildman–Crippen MR) is 75.0 cm³/mol. The van der Waals surface area contributed by atoms with Gasteiger partial charge in [-0.1, -0.05) is 41.0 Å². The van der Waals surface area contributed by atoms with Gasteiger partial charge in [-0.3, -0.25) is 4.79 Å². The lowest BCUT2D eigenvalue weighted by Crippen LogP contribution is -2.25. The van der Waals surface area contributed by atoms with Crippen molar-refractivity contribution < 1.29 is 4.79 Å². The zero-order valence-electron chi connectivity index (χ0n) is 9.05. The number of allylic oxidation sites excluding steroid dienone is 2. The Kier molecular flexibility index (Phi) is 5.57. The van der Waals surface area contributed by atoms with Gasteiger partial charge in [0, 0.05) is 19.0 Å². The first-order valence-electron chi connectivity index (χ1n) is 4.79. The molecule has 2 nitrogen and oxygen atoms in total. The molecule has 16 heavy (non-hydrogen) atoms. The van der Waals surface area contributed by atoms with E-state index in [-0.39, 0.29) is 5.78 Å². The molecule has 0 bridgehead atoms. The van der Waals surface area contributed by atoms with Gasteiger partial charge in [0.2, 0.25) is 0 Å². The van der Waals surface area contributed by atoms with Crippen LogP contribution in [0.1, 0.15) is 13.3 Å². The number of alkyl halides is 1. The van der Waals surface area contributed by atoms with E-state index in [1.165, 1.54) is 23.5 Å². The zero-order chi connectivity index (χ0) is 12.2. The summed E-state index contributed by atoms with van der Waals surface area (Å²) in [4.78, 5) is 12.0. The minimum atomic E-state index is -0.951. The monoisotopic (exact) mass is 297 g/mol. The lowest BCUT2D eigenvalue weighted by molar-refractivity contribution is -0.114. The van der Waals surface area contributed by atoms with Crippen molar-refractivity contribution in [3.63, 3.8) is 0 Å². The maximum atomic E-state index is 12.0. The van der Waals surface area contributed by atoms with E-state index < -0.39 is 4.21 Å². The van der Waals surface area contributed by atoms with Crippen molar-refractivity contribution in [2.45, 2.75) is 17.6 Å². The van der Waals surface area contributed by atoms with Crippen molar-refractivity contribution in [2.24, 2.45) is 0 Å². The molecular weight excluding hydrogens is 285 g/mol. The number of carbonyl (C=O) groups is 1. The van der Waals surface area contributed by atoms with E-state index in [9.17, 15) is 4.79 Å².